The highest BCUT2D eigenvalue weighted by Gasteiger charge is 2.34. The summed E-state index contributed by atoms with van der Waals surface area (Å²) in [4.78, 5) is 37.7. The number of carbonyl (C=O) groups excluding carboxylic acids is 3. The van der Waals surface area contributed by atoms with Gasteiger partial charge in [0.05, 0.1) is 28.3 Å². The van der Waals surface area contributed by atoms with E-state index in [-0.39, 0.29) is 35.6 Å². The van der Waals surface area contributed by atoms with Crippen LogP contribution in [-0.4, -0.2) is 35.8 Å². The number of amides is 2. The van der Waals surface area contributed by atoms with E-state index in [4.69, 9.17) is 27.9 Å². The second-order valence-electron chi connectivity index (χ2n) is 5.77. The molecule has 134 valence electrons. The highest BCUT2D eigenvalue weighted by molar-refractivity contribution is 6.35. The van der Waals surface area contributed by atoms with Crippen molar-refractivity contribution in [3.63, 3.8) is 0 Å². The molecule has 0 unspecified atom stereocenters. The van der Waals surface area contributed by atoms with E-state index in [1.54, 1.807) is 30.3 Å². The number of nitrogens with zero attached hydrogens (tertiary/aromatic N) is 1. The van der Waals surface area contributed by atoms with E-state index in [1.165, 1.54) is 17.0 Å². The van der Waals surface area contributed by atoms with E-state index in [0.717, 1.165) is 0 Å². The van der Waals surface area contributed by atoms with Gasteiger partial charge in [-0.1, -0.05) is 35.3 Å². The molecule has 1 aliphatic heterocycles. The lowest BCUT2D eigenvalue weighted by atomic mass is 10.1. The van der Waals surface area contributed by atoms with E-state index in [9.17, 15) is 14.4 Å². The monoisotopic (exact) mass is 391 g/mol. The van der Waals surface area contributed by atoms with Crippen molar-refractivity contribution in [2.75, 3.05) is 13.2 Å². The fraction of sp³-hybridized carbons (Fsp3) is 0.211. The first-order valence-corrected chi connectivity index (χ1v) is 8.82. The predicted molar refractivity (Wildman–Crippen MR) is 97.8 cm³/mol. The molecule has 5 nitrogen and oxygen atoms in total. The number of fused-ring (bicyclic) bond motifs is 1. The maximum Gasteiger partial charge on any atom is 0.339 e. The van der Waals surface area contributed by atoms with Gasteiger partial charge in [-0.2, -0.15) is 0 Å². The minimum absolute atomic E-state index is 0.158. The molecule has 3 rings (SSSR count). The highest BCUT2D eigenvalue weighted by Crippen LogP contribution is 2.23. The summed E-state index contributed by atoms with van der Waals surface area (Å²) in [6.45, 7) is 0.437. The van der Waals surface area contributed by atoms with Crippen molar-refractivity contribution in [2.24, 2.45) is 0 Å². The molecule has 0 spiro atoms. The summed E-state index contributed by atoms with van der Waals surface area (Å²) < 4.78 is 5.17. The Morgan fingerprint density at radius 2 is 1.62 bits per heavy atom. The van der Waals surface area contributed by atoms with Crippen molar-refractivity contribution < 1.29 is 19.1 Å². The van der Waals surface area contributed by atoms with Gasteiger partial charge in [-0.3, -0.25) is 14.5 Å². The van der Waals surface area contributed by atoms with E-state index in [1.807, 2.05) is 0 Å². The number of rotatable bonds is 6. The molecule has 0 N–H and O–H groups in total. The Labute approximate surface area is 160 Å². The van der Waals surface area contributed by atoms with Crippen LogP contribution in [0.25, 0.3) is 0 Å². The van der Waals surface area contributed by atoms with Gasteiger partial charge in [0.1, 0.15) is 0 Å². The summed E-state index contributed by atoms with van der Waals surface area (Å²) in [7, 11) is 0. The molecular weight excluding hydrogens is 377 g/mol. The van der Waals surface area contributed by atoms with Gasteiger partial charge in [-0.15, -0.1) is 0 Å². The van der Waals surface area contributed by atoms with Crippen LogP contribution >= 0.6 is 23.2 Å². The summed E-state index contributed by atoms with van der Waals surface area (Å²) in [5.41, 5.74) is 1.07. The van der Waals surface area contributed by atoms with Crippen LogP contribution in [0.1, 0.15) is 43.9 Å². The molecule has 0 aliphatic carbocycles. The number of halogens is 2. The lowest BCUT2D eigenvalue weighted by molar-refractivity contribution is 0.0486. The molecule has 0 saturated heterocycles. The number of ether oxygens (including phenoxy) is 1. The normalized spacial score (nSPS) is 13.1. The third-order valence-corrected chi connectivity index (χ3v) is 4.60. The summed E-state index contributed by atoms with van der Waals surface area (Å²) in [5.74, 6) is -1.13. The summed E-state index contributed by atoms with van der Waals surface area (Å²) in [5, 5.41) is 0.664. The smallest absolute Gasteiger partial charge is 0.339 e. The maximum atomic E-state index is 12.2. The predicted octanol–water partition coefficient (Wildman–Crippen LogP) is 4.23. The Kier molecular flexibility index (Phi) is 5.59. The van der Waals surface area contributed by atoms with Crippen LogP contribution in [0.15, 0.2) is 42.5 Å². The van der Waals surface area contributed by atoms with Crippen molar-refractivity contribution in [1.29, 1.82) is 0 Å². The molecule has 2 aromatic carbocycles. The SMILES string of the molecule is O=C(OCCCCN1C(=O)c2ccccc2C1=O)c1cc(Cl)ccc1Cl. The first kappa shape index (κ1) is 18.4. The van der Waals surface area contributed by atoms with E-state index in [0.29, 0.717) is 29.0 Å². The molecule has 2 amide bonds. The van der Waals surface area contributed by atoms with E-state index in [2.05, 4.69) is 0 Å². The molecule has 0 bridgehead atoms. The van der Waals surface area contributed by atoms with Crippen molar-refractivity contribution in [1.82, 2.24) is 4.90 Å². The van der Waals surface area contributed by atoms with Crippen molar-refractivity contribution in [2.45, 2.75) is 12.8 Å². The second kappa shape index (κ2) is 7.89. The lowest BCUT2D eigenvalue weighted by Crippen LogP contribution is -2.30. The van der Waals surface area contributed by atoms with Crippen LogP contribution < -0.4 is 0 Å². The number of imide groups is 1. The molecule has 1 aliphatic rings. The zero-order valence-electron chi connectivity index (χ0n) is 13.7. The van der Waals surface area contributed by atoms with Crippen LogP contribution in [0.3, 0.4) is 0 Å². The third kappa shape index (κ3) is 3.74. The molecule has 2 aromatic rings. The van der Waals surface area contributed by atoms with Crippen molar-refractivity contribution in [3.8, 4) is 0 Å². The maximum absolute atomic E-state index is 12.2. The summed E-state index contributed by atoms with van der Waals surface area (Å²) in [6, 6.07) is 11.3. The van der Waals surface area contributed by atoms with E-state index < -0.39 is 5.97 Å². The zero-order valence-corrected chi connectivity index (χ0v) is 15.2. The number of hydrogen-bond acceptors (Lipinski definition) is 4. The number of esters is 1. The Morgan fingerprint density at radius 1 is 0.962 bits per heavy atom. The molecule has 0 radical (unpaired) electrons. The fourth-order valence-corrected chi connectivity index (χ4v) is 3.08. The first-order chi connectivity index (χ1) is 12.5. The van der Waals surface area contributed by atoms with Gasteiger partial charge in [0.2, 0.25) is 0 Å². The van der Waals surface area contributed by atoms with Crippen molar-refractivity contribution in [3.05, 3.63) is 69.2 Å². The molecule has 7 heteroatoms. The minimum Gasteiger partial charge on any atom is -0.462 e. The molecule has 0 saturated carbocycles. The molecular formula is C19H15Cl2NO4. The first-order valence-electron chi connectivity index (χ1n) is 8.06. The van der Waals surface area contributed by atoms with Gasteiger partial charge in [-0.05, 0) is 43.2 Å². The third-order valence-electron chi connectivity index (χ3n) is 4.04. The van der Waals surface area contributed by atoms with Crippen LogP contribution in [0.4, 0.5) is 0 Å². The number of carbonyl (C=O) groups is 3. The number of benzene rings is 2. The minimum atomic E-state index is -0.557. The van der Waals surface area contributed by atoms with Gasteiger partial charge in [0.25, 0.3) is 11.8 Å². The number of hydrogen-bond donors (Lipinski definition) is 0. The standard InChI is InChI=1S/C19H15Cl2NO4/c20-12-7-8-16(21)15(11-12)19(25)26-10-4-3-9-22-17(23)13-5-1-2-6-14(13)18(22)24/h1-2,5-8,11H,3-4,9-10H2. The van der Waals surface area contributed by atoms with Gasteiger partial charge < -0.3 is 4.74 Å². The largest absolute Gasteiger partial charge is 0.462 e. The Bertz CT molecular complexity index is 847. The molecule has 1 heterocycles. The second-order valence-corrected chi connectivity index (χ2v) is 6.62. The Hall–Kier alpha value is -2.37. The lowest BCUT2D eigenvalue weighted by Gasteiger charge is -2.13. The fourth-order valence-electron chi connectivity index (χ4n) is 2.71. The van der Waals surface area contributed by atoms with Gasteiger partial charge in [-0.25, -0.2) is 4.79 Å². The van der Waals surface area contributed by atoms with Crippen LogP contribution in [-0.2, 0) is 4.74 Å². The quantitative estimate of drug-likeness (QED) is 0.419. The molecule has 0 atom stereocenters. The summed E-state index contributed by atoms with van der Waals surface area (Å²) in [6.07, 6.45) is 1.04. The average molecular weight is 392 g/mol. The molecule has 0 aromatic heterocycles. The average Bonchev–Trinajstić information content (AvgIpc) is 2.88. The Morgan fingerprint density at radius 3 is 2.27 bits per heavy atom. The Balaban J connectivity index is 1.47. The van der Waals surface area contributed by atoms with Crippen LogP contribution in [0.5, 0.6) is 0 Å². The summed E-state index contributed by atoms with van der Waals surface area (Å²) >= 11 is 11.8. The topological polar surface area (TPSA) is 63.7 Å². The van der Waals surface area contributed by atoms with Crippen LogP contribution in [0, 0.1) is 0 Å². The van der Waals surface area contributed by atoms with Gasteiger partial charge in [0.15, 0.2) is 0 Å². The van der Waals surface area contributed by atoms with Crippen LogP contribution in [0.2, 0.25) is 10.0 Å². The van der Waals surface area contributed by atoms with E-state index >= 15 is 0 Å². The van der Waals surface area contributed by atoms with Crippen molar-refractivity contribution >= 4 is 41.0 Å². The highest BCUT2D eigenvalue weighted by atomic mass is 35.5. The van der Waals surface area contributed by atoms with Gasteiger partial charge >= 0.3 is 5.97 Å². The molecule has 26 heavy (non-hydrogen) atoms. The zero-order chi connectivity index (χ0) is 18.7. The molecule has 0 fully saturated rings. The van der Waals surface area contributed by atoms with Gasteiger partial charge in [0, 0.05) is 11.6 Å². The number of unbranched alkanes of at least 4 members (excludes halogenated alkanes) is 1.